The third kappa shape index (κ3) is 2.89. The minimum atomic E-state index is 0.0806. The molecule has 1 unspecified atom stereocenters. The number of hydrogen-bond donors (Lipinski definition) is 0. The van der Waals surface area contributed by atoms with Crippen molar-refractivity contribution in [2.24, 2.45) is 0 Å². The zero-order chi connectivity index (χ0) is 18.2. The summed E-state index contributed by atoms with van der Waals surface area (Å²) in [5, 5.41) is 4.13. The number of carbonyl (C=O) groups is 1. The third-order valence-corrected chi connectivity index (χ3v) is 5.61. The Hall–Kier alpha value is -3.09. The summed E-state index contributed by atoms with van der Waals surface area (Å²) in [6.07, 6.45) is 10.5. The molecule has 0 saturated carbocycles. The summed E-state index contributed by atoms with van der Waals surface area (Å²) in [5.74, 6) is 1.54. The number of piperidine rings is 1. The van der Waals surface area contributed by atoms with Gasteiger partial charge in [-0.15, -0.1) is 0 Å². The Kier molecular flexibility index (Phi) is 3.92. The number of rotatable bonds is 3. The highest BCUT2D eigenvalue weighted by Crippen LogP contribution is 2.43. The zero-order valence-corrected chi connectivity index (χ0v) is 14.7. The molecule has 5 rings (SSSR count). The fourth-order valence-electron chi connectivity index (χ4n) is 4.37. The van der Waals surface area contributed by atoms with Gasteiger partial charge in [-0.1, -0.05) is 5.16 Å². The van der Waals surface area contributed by atoms with E-state index in [1.165, 1.54) is 0 Å². The van der Waals surface area contributed by atoms with Crippen LogP contribution in [-0.4, -0.2) is 43.0 Å². The molecule has 7 heteroatoms. The maximum absolute atomic E-state index is 12.9. The molecule has 27 heavy (non-hydrogen) atoms. The number of fused-ring (bicyclic) bond motifs is 2. The van der Waals surface area contributed by atoms with Gasteiger partial charge in [0.25, 0.3) is 5.91 Å². The number of hydrogen-bond acceptors (Lipinski definition) is 6. The molecule has 7 nitrogen and oxygen atoms in total. The van der Waals surface area contributed by atoms with Gasteiger partial charge in [0.1, 0.15) is 0 Å². The van der Waals surface area contributed by atoms with Gasteiger partial charge in [-0.25, -0.2) is 0 Å². The molecule has 0 spiro atoms. The molecule has 5 heterocycles. The molecular weight excluding hydrogens is 342 g/mol. The first-order valence-corrected chi connectivity index (χ1v) is 9.26. The first kappa shape index (κ1) is 16.1. The van der Waals surface area contributed by atoms with Gasteiger partial charge in [0.2, 0.25) is 11.7 Å². The number of nitrogens with zero attached hydrogens (tertiary/aromatic N) is 5. The minimum Gasteiger partial charge on any atom is -0.339 e. The maximum Gasteiger partial charge on any atom is 0.255 e. The lowest BCUT2D eigenvalue weighted by Gasteiger charge is -2.37. The van der Waals surface area contributed by atoms with E-state index >= 15 is 0 Å². The second-order valence-electron chi connectivity index (χ2n) is 7.20. The highest BCUT2D eigenvalue weighted by Gasteiger charge is 2.45. The van der Waals surface area contributed by atoms with Gasteiger partial charge in [0.05, 0.1) is 5.56 Å². The molecule has 2 fully saturated rings. The molecule has 3 aromatic rings. The highest BCUT2D eigenvalue weighted by atomic mass is 16.5. The molecule has 2 aliphatic rings. The van der Waals surface area contributed by atoms with Crippen LogP contribution < -0.4 is 0 Å². The van der Waals surface area contributed by atoms with Crippen LogP contribution in [0.4, 0.5) is 0 Å². The maximum atomic E-state index is 12.9. The van der Waals surface area contributed by atoms with E-state index in [1.54, 1.807) is 30.9 Å². The second kappa shape index (κ2) is 6.57. The van der Waals surface area contributed by atoms with Crippen LogP contribution in [0.15, 0.2) is 53.6 Å². The lowest BCUT2D eigenvalue weighted by atomic mass is 9.90. The molecule has 2 bridgehead atoms. The molecule has 2 aliphatic heterocycles. The molecule has 1 amide bonds. The normalized spacial score (nSPS) is 24.1. The van der Waals surface area contributed by atoms with Crippen molar-refractivity contribution in [1.82, 2.24) is 25.0 Å². The first-order chi connectivity index (χ1) is 13.3. The summed E-state index contributed by atoms with van der Waals surface area (Å²) < 4.78 is 5.57. The van der Waals surface area contributed by atoms with E-state index in [0.717, 1.165) is 31.2 Å². The van der Waals surface area contributed by atoms with Crippen molar-refractivity contribution in [3.05, 3.63) is 60.5 Å². The summed E-state index contributed by atoms with van der Waals surface area (Å²) in [6, 6.07) is 7.82. The van der Waals surface area contributed by atoms with Gasteiger partial charge in [-0.2, -0.15) is 4.98 Å². The van der Waals surface area contributed by atoms with Crippen LogP contribution in [0.3, 0.4) is 0 Å². The molecule has 0 aliphatic carbocycles. The number of amides is 1. The zero-order valence-electron chi connectivity index (χ0n) is 14.7. The van der Waals surface area contributed by atoms with Crippen LogP contribution in [0.25, 0.3) is 11.4 Å². The van der Waals surface area contributed by atoms with E-state index in [0.29, 0.717) is 17.3 Å². The average molecular weight is 361 g/mol. The van der Waals surface area contributed by atoms with Crippen LogP contribution >= 0.6 is 0 Å². The quantitative estimate of drug-likeness (QED) is 0.713. The SMILES string of the molecule is O=C(c1cccnc1)N1[C@@H]2CC[C@H]1CC(c1nc(-c3ccncc3)no1)C2. The lowest BCUT2D eigenvalue weighted by molar-refractivity contribution is 0.0554. The van der Waals surface area contributed by atoms with Crippen LogP contribution in [-0.2, 0) is 0 Å². The van der Waals surface area contributed by atoms with E-state index in [4.69, 9.17) is 4.52 Å². The Balaban J connectivity index is 1.35. The van der Waals surface area contributed by atoms with Gasteiger partial charge in [0.15, 0.2) is 0 Å². The van der Waals surface area contributed by atoms with Crippen molar-refractivity contribution in [2.75, 3.05) is 0 Å². The summed E-state index contributed by atoms with van der Waals surface area (Å²) in [5.41, 5.74) is 1.55. The van der Waals surface area contributed by atoms with E-state index in [-0.39, 0.29) is 23.9 Å². The Morgan fingerprint density at radius 2 is 1.81 bits per heavy atom. The predicted octanol–water partition coefficient (Wildman–Crippen LogP) is 3.08. The van der Waals surface area contributed by atoms with Crippen LogP contribution in [0.5, 0.6) is 0 Å². The summed E-state index contributed by atoms with van der Waals surface area (Å²) in [4.78, 5) is 27.7. The topological polar surface area (TPSA) is 85.0 Å². The molecule has 2 saturated heterocycles. The Morgan fingerprint density at radius 3 is 2.52 bits per heavy atom. The van der Waals surface area contributed by atoms with Crippen LogP contribution in [0.1, 0.15) is 47.8 Å². The van der Waals surface area contributed by atoms with Crippen LogP contribution in [0, 0.1) is 0 Å². The van der Waals surface area contributed by atoms with E-state index in [1.807, 2.05) is 23.1 Å². The molecule has 0 N–H and O–H groups in total. The number of aromatic nitrogens is 4. The predicted molar refractivity (Wildman–Crippen MR) is 96.7 cm³/mol. The third-order valence-electron chi connectivity index (χ3n) is 5.61. The fourth-order valence-corrected chi connectivity index (χ4v) is 4.37. The average Bonchev–Trinajstić information content (AvgIpc) is 3.32. The van der Waals surface area contributed by atoms with Crippen molar-refractivity contribution in [2.45, 2.75) is 43.7 Å². The van der Waals surface area contributed by atoms with E-state index < -0.39 is 0 Å². The monoisotopic (exact) mass is 361 g/mol. The second-order valence-corrected chi connectivity index (χ2v) is 7.20. The number of carbonyl (C=O) groups excluding carboxylic acids is 1. The van der Waals surface area contributed by atoms with Crippen LogP contribution in [0.2, 0.25) is 0 Å². The molecule has 3 atom stereocenters. The van der Waals surface area contributed by atoms with Crippen molar-refractivity contribution in [3.63, 3.8) is 0 Å². The van der Waals surface area contributed by atoms with Gasteiger partial charge in [0, 0.05) is 48.4 Å². The molecule has 3 aromatic heterocycles. The smallest absolute Gasteiger partial charge is 0.255 e. The summed E-state index contributed by atoms with van der Waals surface area (Å²) >= 11 is 0. The highest BCUT2D eigenvalue weighted by molar-refractivity contribution is 5.94. The standard InChI is InChI=1S/C20H19N5O2/c26-20(14-2-1-7-22-12-14)25-16-3-4-17(25)11-15(10-16)19-23-18(24-27-19)13-5-8-21-9-6-13/h1-2,5-9,12,15-17H,3-4,10-11H2/t15?,16-,17+. The van der Waals surface area contributed by atoms with E-state index in [2.05, 4.69) is 20.1 Å². The van der Waals surface area contributed by atoms with Crippen molar-refractivity contribution >= 4 is 5.91 Å². The summed E-state index contributed by atoms with van der Waals surface area (Å²) in [7, 11) is 0. The Morgan fingerprint density at radius 1 is 1.04 bits per heavy atom. The van der Waals surface area contributed by atoms with Crippen molar-refractivity contribution in [3.8, 4) is 11.4 Å². The van der Waals surface area contributed by atoms with Crippen molar-refractivity contribution < 1.29 is 9.32 Å². The summed E-state index contributed by atoms with van der Waals surface area (Å²) in [6.45, 7) is 0. The number of pyridine rings is 2. The van der Waals surface area contributed by atoms with Gasteiger partial charge >= 0.3 is 0 Å². The molecule has 0 aromatic carbocycles. The van der Waals surface area contributed by atoms with Gasteiger partial charge < -0.3 is 9.42 Å². The Bertz CT molecular complexity index is 929. The molecular formula is C20H19N5O2. The van der Waals surface area contributed by atoms with Crippen molar-refractivity contribution in [1.29, 1.82) is 0 Å². The lowest BCUT2D eigenvalue weighted by Crippen LogP contribution is -2.46. The molecule has 136 valence electrons. The minimum absolute atomic E-state index is 0.0806. The Labute approximate surface area is 156 Å². The van der Waals surface area contributed by atoms with Gasteiger partial charge in [-0.05, 0) is 49.9 Å². The van der Waals surface area contributed by atoms with E-state index in [9.17, 15) is 4.79 Å². The fraction of sp³-hybridized carbons (Fsp3) is 0.350. The van der Waals surface area contributed by atoms with Gasteiger partial charge in [-0.3, -0.25) is 14.8 Å². The largest absolute Gasteiger partial charge is 0.339 e. The molecule has 0 radical (unpaired) electrons. The first-order valence-electron chi connectivity index (χ1n) is 9.26.